The number of unbranched alkanes of at least 4 members (excludes halogenated alkanes) is 3. The SMILES string of the molecule is CCCCCCC(CC)C(=O)O.[Co]. The second kappa shape index (κ2) is 10.1. The Morgan fingerprint density at radius 1 is 1.23 bits per heavy atom. The van der Waals surface area contributed by atoms with Gasteiger partial charge >= 0.3 is 5.97 Å². The van der Waals surface area contributed by atoms with Gasteiger partial charge in [-0.3, -0.25) is 4.79 Å². The number of carboxylic acids is 1. The molecule has 81 valence electrons. The van der Waals surface area contributed by atoms with Gasteiger partial charge in [-0.25, -0.2) is 0 Å². The van der Waals surface area contributed by atoms with E-state index in [9.17, 15) is 4.79 Å². The summed E-state index contributed by atoms with van der Waals surface area (Å²) in [6, 6.07) is 0. The molecule has 0 amide bonds. The Labute approximate surface area is 91.3 Å². The normalized spacial score (nSPS) is 11.8. The molecule has 0 saturated heterocycles. The summed E-state index contributed by atoms with van der Waals surface area (Å²) in [5.41, 5.74) is 0. The molecule has 0 aromatic rings. The van der Waals surface area contributed by atoms with Crippen LogP contribution in [0.2, 0.25) is 0 Å². The van der Waals surface area contributed by atoms with E-state index in [4.69, 9.17) is 5.11 Å². The van der Waals surface area contributed by atoms with Crippen molar-refractivity contribution in [2.45, 2.75) is 52.4 Å². The molecule has 0 aromatic carbocycles. The van der Waals surface area contributed by atoms with Crippen molar-refractivity contribution in [3.05, 3.63) is 0 Å². The first-order chi connectivity index (χ1) is 5.72. The smallest absolute Gasteiger partial charge is 0.306 e. The average molecular weight is 231 g/mol. The average Bonchev–Trinajstić information content (AvgIpc) is 2.04. The molecular formula is C10H20CoO2. The summed E-state index contributed by atoms with van der Waals surface area (Å²) < 4.78 is 0. The molecule has 3 heteroatoms. The van der Waals surface area contributed by atoms with Crippen molar-refractivity contribution < 1.29 is 26.7 Å². The quantitative estimate of drug-likeness (QED) is 0.683. The molecule has 0 spiro atoms. The molecule has 0 rings (SSSR count). The zero-order chi connectivity index (χ0) is 9.40. The number of hydrogen-bond donors (Lipinski definition) is 1. The minimum absolute atomic E-state index is 0. The molecule has 2 nitrogen and oxygen atoms in total. The molecule has 0 aliphatic heterocycles. The number of aliphatic carboxylic acids is 1. The fourth-order valence-electron chi connectivity index (χ4n) is 1.32. The first kappa shape index (κ1) is 15.4. The monoisotopic (exact) mass is 231 g/mol. The molecule has 0 aliphatic carbocycles. The molecular weight excluding hydrogens is 211 g/mol. The Balaban J connectivity index is 0. The predicted molar refractivity (Wildman–Crippen MR) is 50.2 cm³/mol. The first-order valence-corrected chi connectivity index (χ1v) is 4.95. The Morgan fingerprint density at radius 3 is 2.23 bits per heavy atom. The van der Waals surface area contributed by atoms with Crippen LogP contribution in [0.5, 0.6) is 0 Å². The van der Waals surface area contributed by atoms with E-state index in [0.29, 0.717) is 0 Å². The maximum absolute atomic E-state index is 10.6. The fourth-order valence-corrected chi connectivity index (χ4v) is 1.32. The van der Waals surface area contributed by atoms with Crippen LogP contribution in [0.1, 0.15) is 52.4 Å². The van der Waals surface area contributed by atoms with Gasteiger partial charge in [0.05, 0.1) is 5.92 Å². The van der Waals surface area contributed by atoms with Crippen LogP contribution in [-0.4, -0.2) is 11.1 Å². The van der Waals surface area contributed by atoms with Gasteiger partial charge in [0.15, 0.2) is 0 Å². The van der Waals surface area contributed by atoms with Crippen LogP contribution in [0.15, 0.2) is 0 Å². The van der Waals surface area contributed by atoms with E-state index in [0.717, 1.165) is 19.3 Å². The number of carboxylic acid groups (broad SMARTS) is 1. The summed E-state index contributed by atoms with van der Waals surface area (Å²) in [5.74, 6) is -0.740. The fraction of sp³-hybridized carbons (Fsp3) is 0.900. The third kappa shape index (κ3) is 8.31. The van der Waals surface area contributed by atoms with Crippen LogP contribution in [0.3, 0.4) is 0 Å². The number of rotatable bonds is 7. The van der Waals surface area contributed by atoms with Crippen LogP contribution >= 0.6 is 0 Å². The Kier molecular flexibility index (Phi) is 12.0. The molecule has 1 N–H and O–H groups in total. The van der Waals surface area contributed by atoms with E-state index in [1.165, 1.54) is 19.3 Å². The zero-order valence-electron chi connectivity index (χ0n) is 8.51. The summed E-state index contributed by atoms with van der Waals surface area (Å²) in [6.45, 7) is 4.10. The topological polar surface area (TPSA) is 37.3 Å². The summed E-state index contributed by atoms with van der Waals surface area (Å²) in [4.78, 5) is 10.6. The van der Waals surface area contributed by atoms with E-state index in [1.54, 1.807) is 0 Å². The molecule has 0 heterocycles. The van der Waals surface area contributed by atoms with Gasteiger partial charge in [0.2, 0.25) is 0 Å². The predicted octanol–water partition coefficient (Wildman–Crippen LogP) is 3.07. The van der Waals surface area contributed by atoms with Crippen molar-refractivity contribution in [1.82, 2.24) is 0 Å². The van der Waals surface area contributed by atoms with E-state index in [2.05, 4.69) is 6.92 Å². The minimum Gasteiger partial charge on any atom is -0.481 e. The molecule has 0 aliphatic rings. The second-order valence-electron chi connectivity index (χ2n) is 3.29. The van der Waals surface area contributed by atoms with Crippen LogP contribution in [0.4, 0.5) is 0 Å². The molecule has 0 fully saturated rings. The molecule has 0 bridgehead atoms. The summed E-state index contributed by atoms with van der Waals surface area (Å²) in [7, 11) is 0. The van der Waals surface area contributed by atoms with Crippen LogP contribution in [0, 0.1) is 5.92 Å². The Hall–Kier alpha value is -0.0235. The molecule has 13 heavy (non-hydrogen) atoms. The summed E-state index contributed by atoms with van der Waals surface area (Å²) >= 11 is 0. The third-order valence-corrected chi connectivity index (χ3v) is 2.25. The number of carbonyl (C=O) groups is 1. The zero-order valence-corrected chi connectivity index (χ0v) is 9.55. The largest absolute Gasteiger partial charge is 0.481 e. The van der Waals surface area contributed by atoms with Crippen molar-refractivity contribution in [2.75, 3.05) is 0 Å². The van der Waals surface area contributed by atoms with Gasteiger partial charge in [0, 0.05) is 16.8 Å². The van der Waals surface area contributed by atoms with Crippen LogP contribution in [-0.2, 0) is 21.6 Å². The van der Waals surface area contributed by atoms with E-state index >= 15 is 0 Å². The van der Waals surface area contributed by atoms with E-state index in [-0.39, 0.29) is 22.7 Å². The number of hydrogen-bond acceptors (Lipinski definition) is 1. The molecule has 0 aromatic heterocycles. The molecule has 1 unspecified atom stereocenters. The van der Waals surface area contributed by atoms with Gasteiger partial charge < -0.3 is 5.11 Å². The third-order valence-electron chi connectivity index (χ3n) is 2.25. The Bertz CT molecular complexity index is 126. The van der Waals surface area contributed by atoms with Crippen molar-refractivity contribution in [3.63, 3.8) is 0 Å². The Morgan fingerprint density at radius 2 is 1.85 bits per heavy atom. The minimum atomic E-state index is -0.631. The standard InChI is InChI=1S/C10H20O2.Co/c1-3-5-6-7-8-9(4-2)10(11)12;/h9H,3-8H2,1-2H3,(H,11,12);. The van der Waals surface area contributed by atoms with Gasteiger partial charge in [-0.15, -0.1) is 0 Å². The molecule has 0 saturated carbocycles. The van der Waals surface area contributed by atoms with Crippen LogP contribution in [0.25, 0.3) is 0 Å². The van der Waals surface area contributed by atoms with Crippen molar-refractivity contribution in [2.24, 2.45) is 5.92 Å². The van der Waals surface area contributed by atoms with Gasteiger partial charge in [-0.2, -0.15) is 0 Å². The van der Waals surface area contributed by atoms with Gasteiger partial charge in [0.1, 0.15) is 0 Å². The molecule has 1 atom stereocenters. The maximum Gasteiger partial charge on any atom is 0.306 e. The van der Waals surface area contributed by atoms with Crippen molar-refractivity contribution in [3.8, 4) is 0 Å². The van der Waals surface area contributed by atoms with Gasteiger partial charge in [0.25, 0.3) is 0 Å². The van der Waals surface area contributed by atoms with Crippen molar-refractivity contribution >= 4 is 5.97 Å². The van der Waals surface area contributed by atoms with E-state index < -0.39 is 5.97 Å². The maximum atomic E-state index is 10.6. The van der Waals surface area contributed by atoms with Crippen molar-refractivity contribution in [1.29, 1.82) is 0 Å². The van der Waals surface area contributed by atoms with Gasteiger partial charge in [-0.1, -0.05) is 39.5 Å². The first-order valence-electron chi connectivity index (χ1n) is 4.95. The van der Waals surface area contributed by atoms with E-state index in [1.807, 2.05) is 6.92 Å². The van der Waals surface area contributed by atoms with Gasteiger partial charge in [-0.05, 0) is 12.8 Å². The second-order valence-corrected chi connectivity index (χ2v) is 3.29. The molecule has 1 radical (unpaired) electrons. The summed E-state index contributed by atoms with van der Waals surface area (Å²) in [6.07, 6.45) is 6.31. The van der Waals surface area contributed by atoms with Crippen LogP contribution < -0.4 is 0 Å². The summed E-state index contributed by atoms with van der Waals surface area (Å²) in [5, 5.41) is 8.73.